The fraction of sp³-hybridized carbons (Fsp3) is 0.769. The second-order valence-electron chi connectivity index (χ2n) is 5.47. The summed E-state index contributed by atoms with van der Waals surface area (Å²) in [7, 11) is 0. The van der Waals surface area contributed by atoms with Gasteiger partial charge in [0.15, 0.2) is 0 Å². The number of urea groups is 1. The van der Waals surface area contributed by atoms with Gasteiger partial charge in [-0.1, -0.05) is 6.42 Å². The number of nitrogens with zero attached hydrogens (tertiary/aromatic N) is 1. The number of likely N-dealkylation sites (tertiary alicyclic amines) is 1. The van der Waals surface area contributed by atoms with Crippen LogP contribution in [-0.2, 0) is 9.59 Å². The monoisotopic (exact) mass is 282 g/mol. The Morgan fingerprint density at radius 3 is 2.45 bits per heavy atom. The SMILES string of the molecule is NCCCCCC(=O)N1CCC2(CC1)NC(=O)NC2=O. The van der Waals surface area contributed by atoms with E-state index in [4.69, 9.17) is 5.73 Å². The number of imide groups is 1. The van der Waals surface area contributed by atoms with Crippen LogP contribution < -0.4 is 16.4 Å². The van der Waals surface area contributed by atoms with Crippen molar-refractivity contribution in [2.75, 3.05) is 19.6 Å². The number of carbonyl (C=O) groups excluding carboxylic acids is 3. The third kappa shape index (κ3) is 3.09. The number of piperidine rings is 1. The van der Waals surface area contributed by atoms with E-state index in [0.717, 1.165) is 19.3 Å². The normalized spacial score (nSPS) is 20.9. The topological polar surface area (TPSA) is 105 Å². The molecule has 4 amide bonds. The van der Waals surface area contributed by atoms with E-state index in [1.54, 1.807) is 4.90 Å². The molecule has 7 heteroatoms. The Labute approximate surface area is 118 Å². The van der Waals surface area contributed by atoms with Crippen LogP contribution in [0, 0.1) is 0 Å². The Morgan fingerprint density at radius 2 is 1.90 bits per heavy atom. The highest BCUT2D eigenvalue weighted by atomic mass is 16.2. The van der Waals surface area contributed by atoms with Crippen molar-refractivity contribution in [2.24, 2.45) is 5.73 Å². The molecule has 2 aliphatic heterocycles. The summed E-state index contributed by atoms with van der Waals surface area (Å²) in [5.74, 6) is -0.140. The van der Waals surface area contributed by atoms with E-state index in [-0.39, 0.29) is 11.8 Å². The summed E-state index contributed by atoms with van der Waals surface area (Å²) in [6.07, 6.45) is 4.28. The number of amides is 4. The summed E-state index contributed by atoms with van der Waals surface area (Å²) in [5, 5.41) is 4.95. The number of rotatable bonds is 5. The third-order valence-corrected chi connectivity index (χ3v) is 4.08. The summed E-state index contributed by atoms with van der Waals surface area (Å²) in [6, 6.07) is -0.434. The summed E-state index contributed by atoms with van der Waals surface area (Å²) < 4.78 is 0. The predicted octanol–water partition coefficient (Wildman–Crippen LogP) is -0.294. The summed E-state index contributed by atoms with van der Waals surface area (Å²) in [5.41, 5.74) is 4.61. The second-order valence-corrected chi connectivity index (χ2v) is 5.47. The van der Waals surface area contributed by atoms with Gasteiger partial charge in [-0.3, -0.25) is 14.9 Å². The zero-order chi connectivity index (χ0) is 14.6. The molecule has 0 aliphatic carbocycles. The average molecular weight is 282 g/mol. The molecule has 0 aromatic rings. The molecule has 112 valence electrons. The predicted molar refractivity (Wildman–Crippen MR) is 72.7 cm³/mol. The number of carbonyl (C=O) groups is 3. The van der Waals surface area contributed by atoms with Gasteiger partial charge in [-0.2, -0.15) is 0 Å². The Balaban J connectivity index is 1.78. The van der Waals surface area contributed by atoms with E-state index in [9.17, 15) is 14.4 Å². The molecular formula is C13H22N4O3. The Morgan fingerprint density at radius 1 is 1.20 bits per heavy atom. The van der Waals surface area contributed by atoms with E-state index in [0.29, 0.717) is 38.9 Å². The smallest absolute Gasteiger partial charge is 0.322 e. The molecule has 0 bridgehead atoms. The number of nitrogens with one attached hydrogen (secondary N) is 2. The quantitative estimate of drug-likeness (QED) is 0.476. The number of unbranched alkanes of at least 4 members (excludes halogenated alkanes) is 2. The van der Waals surface area contributed by atoms with Crippen LogP contribution in [0.25, 0.3) is 0 Å². The number of hydrogen-bond acceptors (Lipinski definition) is 4. The minimum atomic E-state index is -0.798. The highest BCUT2D eigenvalue weighted by Crippen LogP contribution is 2.25. The van der Waals surface area contributed by atoms with Crippen molar-refractivity contribution in [3.63, 3.8) is 0 Å². The molecule has 7 nitrogen and oxygen atoms in total. The maximum atomic E-state index is 12.0. The number of hydrogen-bond donors (Lipinski definition) is 3. The van der Waals surface area contributed by atoms with Crippen LogP contribution in [0.2, 0.25) is 0 Å². The minimum absolute atomic E-state index is 0.126. The van der Waals surface area contributed by atoms with Crippen molar-refractivity contribution < 1.29 is 14.4 Å². The molecular weight excluding hydrogens is 260 g/mol. The van der Waals surface area contributed by atoms with Crippen molar-refractivity contribution in [2.45, 2.75) is 44.1 Å². The number of nitrogens with two attached hydrogens (primary N) is 1. The molecule has 0 unspecified atom stereocenters. The lowest BCUT2D eigenvalue weighted by molar-refractivity contribution is -0.135. The van der Waals surface area contributed by atoms with Crippen molar-refractivity contribution in [1.29, 1.82) is 0 Å². The zero-order valence-corrected chi connectivity index (χ0v) is 11.6. The first-order valence-electron chi connectivity index (χ1n) is 7.19. The molecule has 2 saturated heterocycles. The fourth-order valence-electron chi connectivity index (χ4n) is 2.77. The van der Waals surface area contributed by atoms with Crippen molar-refractivity contribution in [3.05, 3.63) is 0 Å². The highest BCUT2D eigenvalue weighted by Gasteiger charge is 2.48. The molecule has 2 fully saturated rings. The summed E-state index contributed by atoms with van der Waals surface area (Å²) in [6.45, 7) is 1.70. The Hall–Kier alpha value is -1.63. The van der Waals surface area contributed by atoms with Gasteiger partial charge in [0.25, 0.3) is 5.91 Å². The Bertz CT molecular complexity index is 402. The van der Waals surface area contributed by atoms with Gasteiger partial charge in [0.05, 0.1) is 0 Å². The molecule has 1 spiro atoms. The molecule has 0 aromatic heterocycles. The molecule has 20 heavy (non-hydrogen) atoms. The van der Waals surface area contributed by atoms with Gasteiger partial charge in [-0.25, -0.2) is 4.79 Å². The van der Waals surface area contributed by atoms with E-state index in [1.165, 1.54) is 0 Å². The second kappa shape index (κ2) is 6.21. The van der Waals surface area contributed by atoms with Crippen LogP contribution in [0.3, 0.4) is 0 Å². The molecule has 0 atom stereocenters. The standard InChI is InChI=1S/C13H22N4O3/c14-7-3-1-2-4-10(18)17-8-5-13(6-9-17)11(19)15-12(20)16-13/h1-9,14H2,(H2,15,16,19,20). The van der Waals surface area contributed by atoms with E-state index < -0.39 is 11.6 Å². The highest BCUT2D eigenvalue weighted by molar-refractivity contribution is 6.07. The van der Waals surface area contributed by atoms with Gasteiger partial charge in [0.1, 0.15) is 5.54 Å². The largest absolute Gasteiger partial charge is 0.342 e. The van der Waals surface area contributed by atoms with Gasteiger partial charge in [0.2, 0.25) is 5.91 Å². The summed E-state index contributed by atoms with van der Waals surface area (Å²) >= 11 is 0. The molecule has 2 heterocycles. The van der Waals surface area contributed by atoms with Gasteiger partial charge < -0.3 is 16.0 Å². The van der Waals surface area contributed by atoms with Crippen LogP contribution in [0.5, 0.6) is 0 Å². The molecule has 0 radical (unpaired) electrons. The minimum Gasteiger partial charge on any atom is -0.342 e. The molecule has 0 aromatic carbocycles. The fourth-order valence-corrected chi connectivity index (χ4v) is 2.77. The van der Waals surface area contributed by atoms with Gasteiger partial charge in [0, 0.05) is 19.5 Å². The lowest BCUT2D eigenvalue weighted by atomic mass is 9.87. The van der Waals surface area contributed by atoms with Crippen molar-refractivity contribution >= 4 is 17.8 Å². The first-order chi connectivity index (χ1) is 9.57. The first-order valence-corrected chi connectivity index (χ1v) is 7.19. The van der Waals surface area contributed by atoms with Gasteiger partial charge in [-0.05, 0) is 32.2 Å². The summed E-state index contributed by atoms with van der Waals surface area (Å²) in [4.78, 5) is 36.8. The molecule has 4 N–H and O–H groups in total. The van der Waals surface area contributed by atoms with Gasteiger partial charge >= 0.3 is 6.03 Å². The zero-order valence-electron chi connectivity index (χ0n) is 11.6. The van der Waals surface area contributed by atoms with E-state index >= 15 is 0 Å². The molecule has 2 rings (SSSR count). The van der Waals surface area contributed by atoms with Crippen LogP contribution in [0.4, 0.5) is 4.79 Å². The van der Waals surface area contributed by atoms with Crippen LogP contribution >= 0.6 is 0 Å². The van der Waals surface area contributed by atoms with Crippen molar-refractivity contribution in [1.82, 2.24) is 15.5 Å². The maximum Gasteiger partial charge on any atom is 0.322 e. The van der Waals surface area contributed by atoms with Crippen LogP contribution in [0.15, 0.2) is 0 Å². The first kappa shape index (κ1) is 14.8. The molecule has 0 saturated carbocycles. The van der Waals surface area contributed by atoms with Crippen LogP contribution in [-0.4, -0.2) is 47.9 Å². The van der Waals surface area contributed by atoms with Crippen LogP contribution in [0.1, 0.15) is 38.5 Å². The molecule has 2 aliphatic rings. The Kier molecular flexibility index (Phi) is 4.59. The van der Waals surface area contributed by atoms with Gasteiger partial charge in [-0.15, -0.1) is 0 Å². The lowest BCUT2D eigenvalue weighted by Crippen LogP contribution is -2.55. The van der Waals surface area contributed by atoms with E-state index in [2.05, 4.69) is 10.6 Å². The van der Waals surface area contributed by atoms with Crippen molar-refractivity contribution in [3.8, 4) is 0 Å². The maximum absolute atomic E-state index is 12.0. The average Bonchev–Trinajstić information content (AvgIpc) is 2.70. The lowest BCUT2D eigenvalue weighted by Gasteiger charge is -2.37. The van der Waals surface area contributed by atoms with E-state index in [1.807, 2.05) is 0 Å². The third-order valence-electron chi connectivity index (χ3n) is 4.08.